The molecule has 0 saturated carbocycles. The predicted octanol–water partition coefficient (Wildman–Crippen LogP) is 2.63. The van der Waals surface area contributed by atoms with E-state index in [1.54, 1.807) is 0 Å². The fraction of sp³-hybridized carbons (Fsp3) is 0.625. The van der Waals surface area contributed by atoms with Crippen LogP contribution in [0.25, 0.3) is 0 Å². The predicted molar refractivity (Wildman–Crippen MR) is 79.1 cm³/mol. The van der Waals surface area contributed by atoms with Crippen LogP contribution in [-0.2, 0) is 4.74 Å². The van der Waals surface area contributed by atoms with Crippen molar-refractivity contribution < 1.29 is 4.74 Å². The van der Waals surface area contributed by atoms with E-state index in [1.807, 2.05) is 18.2 Å². The van der Waals surface area contributed by atoms with Gasteiger partial charge in [-0.2, -0.15) is 0 Å². The molecule has 0 amide bonds. The van der Waals surface area contributed by atoms with Crippen molar-refractivity contribution in [2.75, 3.05) is 19.8 Å². The van der Waals surface area contributed by atoms with Gasteiger partial charge in [-0.25, -0.2) is 0 Å². The molecule has 1 heterocycles. The van der Waals surface area contributed by atoms with Crippen LogP contribution in [0.2, 0.25) is 0 Å². The van der Waals surface area contributed by atoms with Crippen LogP contribution in [-0.4, -0.2) is 25.3 Å². The Morgan fingerprint density at radius 1 is 1.37 bits per heavy atom. The summed E-state index contributed by atoms with van der Waals surface area (Å²) in [7, 11) is 0. The van der Waals surface area contributed by atoms with Crippen LogP contribution in [0.5, 0.6) is 0 Å². The van der Waals surface area contributed by atoms with Crippen molar-refractivity contribution in [1.82, 2.24) is 5.32 Å². The van der Waals surface area contributed by atoms with Crippen LogP contribution in [0.4, 0.5) is 0 Å². The Bertz CT molecular complexity index is 360. The van der Waals surface area contributed by atoms with Crippen molar-refractivity contribution in [3.05, 3.63) is 35.9 Å². The van der Waals surface area contributed by atoms with Gasteiger partial charge in [0.2, 0.25) is 0 Å². The number of nitrogens with two attached hydrogens (primary N) is 1. The molecule has 1 aliphatic rings. The molecule has 1 fully saturated rings. The van der Waals surface area contributed by atoms with Gasteiger partial charge in [-0.15, -0.1) is 0 Å². The molecule has 1 aromatic rings. The topological polar surface area (TPSA) is 47.3 Å². The Hall–Kier alpha value is -0.900. The lowest BCUT2D eigenvalue weighted by Crippen LogP contribution is -2.49. The fourth-order valence-corrected chi connectivity index (χ4v) is 2.65. The van der Waals surface area contributed by atoms with E-state index >= 15 is 0 Å². The quantitative estimate of drug-likeness (QED) is 0.775. The highest BCUT2D eigenvalue weighted by molar-refractivity contribution is 5.18. The summed E-state index contributed by atoms with van der Waals surface area (Å²) in [4.78, 5) is 0. The second-order valence-corrected chi connectivity index (χ2v) is 5.80. The first-order valence-electron chi connectivity index (χ1n) is 7.33. The number of ether oxygens (including phenoxy) is 1. The number of benzene rings is 1. The summed E-state index contributed by atoms with van der Waals surface area (Å²) >= 11 is 0. The van der Waals surface area contributed by atoms with Gasteiger partial charge < -0.3 is 15.8 Å². The molecule has 2 unspecified atom stereocenters. The maximum atomic E-state index is 6.19. The maximum Gasteiger partial charge on any atom is 0.0645 e. The third kappa shape index (κ3) is 4.60. The SMILES string of the molecule is CC1(NCCCC(N)c2ccccc2)CCCOC1. The minimum atomic E-state index is 0.151. The lowest BCUT2D eigenvalue weighted by molar-refractivity contribution is 0.0285. The Balaban J connectivity index is 1.66. The summed E-state index contributed by atoms with van der Waals surface area (Å²) in [6.07, 6.45) is 4.49. The third-order valence-electron chi connectivity index (χ3n) is 3.91. The second kappa shape index (κ2) is 7.04. The van der Waals surface area contributed by atoms with Crippen LogP contribution < -0.4 is 11.1 Å². The average Bonchev–Trinajstić information content (AvgIpc) is 2.45. The van der Waals surface area contributed by atoms with Crippen molar-refractivity contribution in [3.63, 3.8) is 0 Å². The zero-order chi connectivity index (χ0) is 13.6. The van der Waals surface area contributed by atoms with Gasteiger partial charge in [-0.1, -0.05) is 30.3 Å². The molecular formula is C16H26N2O. The molecule has 1 saturated heterocycles. The van der Waals surface area contributed by atoms with Gasteiger partial charge in [-0.05, 0) is 44.7 Å². The third-order valence-corrected chi connectivity index (χ3v) is 3.91. The first kappa shape index (κ1) is 14.5. The second-order valence-electron chi connectivity index (χ2n) is 5.80. The molecular weight excluding hydrogens is 236 g/mol. The molecule has 106 valence electrons. The van der Waals surface area contributed by atoms with Gasteiger partial charge in [-0.3, -0.25) is 0 Å². The van der Waals surface area contributed by atoms with Crippen molar-refractivity contribution in [3.8, 4) is 0 Å². The Morgan fingerprint density at radius 2 is 2.16 bits per heavy atom. The molecule has 0 bridgehead atoms. The van der Waals surface area contributed by atoms with Gasteiger partial charge in [0, 0.05) is 18.2 Å². The van der Waals surface area contributed by atoms with Gasteiger partial charge >= 0.3 is 0 Å². The Labute approximate surface area is 116 Å². The van der Waals surface area contributed by atoms with Crippen LogP contribution in [0.1, 0.15) is 44.2 Å². The average molecular weight is 262 g/mol. The molecule has 0 aliphatic carbocycles. The van der Waals surface area contributed by atoms with Gasteiger partial charge in [0.05, 0.1) is 6.61 Å². The van der Waals surface area contributed by atoms with Crippen LogP contribution in [0.15, 0.2) is 30.3 Å². The largest absolute Gasteiger partial charge is 0.380 e. The molecule has 1 aromatic carbocycles. The molecule has 3 N–H and O–H groups in total. The molecule has 1 aliphatic heterocycles. The molecule has 2 atom stereocenters. The Morgan fingerprint density at radius 3 is 2.84 bits per heavy atom. The minimum Gasteiger partial charge on any atom is -0.380 e. The highest BCUT2D eigenvalue weighted by Crippen LogP contribution is 2.19. The number of nitrogens with one attached hydrogen (secondary N) is 1. The van der Waals surface area contributed by atoms with Crippen molar-refractivity contribution >= 4 is 0 Å². The van der Waals surface area contributed by atoms with Crippen molar-refractivity contribution in [1.29, 1.82) is 0 Å². The molecule has 0 aromatic heterocycles. The van der Waals surface area contributed by atoms with Gasteiger partial charge in [0.15, 0.2) is 0 Å². The Kier molecular flexibility index (Phi) is 5.37. The van der Waals surface area contributed by atoms with E-state index in [0.717, 1.165) is 39.0 Å². The van der Waals surface area contributed by atoms with E-state index in [1.165, 1.54) is 12.0 Å². The first-order valence-corrected chi connectivity index (χ1v) is 7.33. The minimum absolute atomic E-state index is 0.151. The molecule has 3 heteroatoms. The maximum absolute atomic E-state index is 6.19. The number of hydrogen-bond donors (Lipinski definition) is 2. The first-order chi connectivity index (χ1) is 9.20. The molecule has 2 rings (SSSR count). The summed E-state index contributed by atoms with van der Waals surface area (Å²) in [6, 6.07) is 10.5. The zero-order valence-corrected chi connectivity index (χ0v) is 11.9. The van der Waals surface area contributed by atoms with Crippen LogP contribution in [0, 0.1) is 0 Å². The van der Waals surface area contributed by atoms with E-state index < -0.39 is 0 Å². The highest BCUT2D eigenvalue weighted by atomic mass is 16.5. The van der Waals surface area contributed by atoms with Crippen molar-refractivity contribution in [2.45, 2.75) is 44.2 Å². The smallest absolute Gasteiger partial charge is 0.0645 e. The van der Waals surface area contributed by atoms with Crippen LogP contribution in [0.3, 0.4) is 0 Å². The normalized spacial score (nSPS) is 25.2. The summed E-state index contributed by atoms with van der Waals surface area (Å²) in [5.74, 6) is 0. The summed E-state index contributed by atoms with van der Waals surface area (Å²) in [6.45, 7) is 5.01. The lowest BCUT2D eigenvalue weighted by Gasteiger charge is -2.34. The molecule has 0 radical (unpaired) electrons. The fourth-order valence-electron chi connectivity index (χ4n) is 2.65. The highest BCUT2D eigenvalue weighted by Gasteiger charge is 2.26. The summed E-state index contributed by atoms with van der Waals surface area (Å²) < 4.78 is 5.55. The van der Waals surface area contributed by atoms with Gasteiger partial charge in [0.1, 0.15) is 0 Å². The lowest BCUT2D eigenvalue weighted by atomic mass is 9.94. The number of rotatable bonds is 6. The van der Waals surface area contributed by atoms with E-state index in [9.17, 15) is 0 Å². The standard InChI is InChI=1S/C16H26N2O/c1-16(10-6-12-19-13-16)18-11-5-9-15(17)14-7-3-2-4-8-14/h2-4,7-8,15,18H,5-6,9-13,17H2,1H3. The van der Waals surface area contributed by atoms with Gasteiger partial charge in [0.25, 0.3) is 0 Å². The van der Waals surface area contributed by atoms with E-state index in [2.05, 4.69) is 24.4 Å². The zero-order valence-electron chi connectivity index (χ0n) is 11.9. The molecule has 19 heavy (non-hydrogen) atoms. The summed E-state index contributed by atoms with van der Waals surface area (Å²) in [5.41, 5.74) is 7.59. The van der Waals surface area contributed by atoms with E-state index in [4.69, 9.17) is 10.5 Å². The number of hydrogen-bond acceptors (Lipinski definition) is 3. The summed E-state index contributed by atoms with van der Waals surface area (Å²) in [5, 5.41) is 3.62. The molecule has 0 spiro atoms. The monoisotopic (exact) mass is 262 g/mol. The van der Waals surface area contributed by atoms with E-state index in [0.29, 0.717) is 0 Å². The van der Waals surface area contributed by atoms with Crippen LogP contribution >= 0.6 is 0 Å². The van der Waals surface area contributed by atoms with Crippen molar-refractivity contribution in [2.24, 2.45) is 5.73 Å². The van der Waals surface area contributed by atoms with E-state index in [-0.39, 0.29) is 11.6 Å². The molecule has 3 nitrogen and oxygen atoms in total.